The van der Waals surface area contributed by atoms with Gasteiger partial charge in [-0.1, -0.05) is 26.8 Å². The molecule has 3 heteroatoms. The van der Waals surface area contributed by atoms with Gasteiger partial charge >= 0.3 is 0 Å². The number of aryl methyl sites for hydroxylation is 1. The summed E-state index contributed by atoms with van der Waals surface area (Å²) in [5, 5.41) is 3.56. The maximum Gasteiger partial charge on any atom is 0.0594 e. The van der Waals surface area contributed by atoms with Gasteiger partial charge in [-0.25, -0.2) is 0 Å². The molecule has 0 bridgehead atoms. The lowest BCUT2D eigenvalue weighted by Crippen LogP contribution is -2.39. The standard InChI is InChI=1S/C17H28N2O/c1-14-11-15(17(2,3)4)13-16(12-14)18-5-6-19-7-9-20-10-8-19/h11-13,18H,5-10H2,1-4H3. The Hall–Kier alpha value is -1.06. The number of anilines is 1. The number of hydrogen-bond acceptors (Lipinski definition) is 3. The summed E-state index contributed by atoms with van der Waals surface area (Å²) in [7, 11) is 0. The van der Waals surface area contributed by atoms with Crippen molar-refractivity contribution >= 4 is 5.69 Å². The van der Waals surface area contributed by atoms with Gasteiger partial charge in [-0.3, -0.25) is 4.90 Å². The zero-order valence-electron chi connectivity index (χ0n) is 13.3. The van der Waals surface area contributed by atoms with Crippen molar-refractivity contribution in [1.29, 1.82) is 0 Å². The molecule has 1 saturated heterocycles. The summed E-state index contributed by atoms with van der Waals surface area (Å²) < 4.78 is 5.37. The van der Waals surface area contributed by atoms with Crippen LogP contribution in [0.15, 0.2) is 18.2 Å². The second kappa shape index (κ2) is 6.59. The third kappa shape index (κ3) is 4.50. The molecule has 0 saturated carbocycles. The Labute approximate surface area is 123 Å². The molecular weight excluding hydrogens is 248 g/mol. The molecule has 1 heterocycles. The maximum absolute atomic E-state index is 5.37. The van der Waals surface area contributed by atoms with Gasteiger partial charge < -0.3 is 10.1 Å². The lowest BCUT2D eigenvalue weighted by Gasteiger charge is -2.27. The molecule has 0 unspecified atom stereocenters. The fourth-order valence-corrected chi connectivity index (χ4v) is 2.50. The zero-order valence-corrected chi connectivity index (χ0v) is 13.3. The van der Waals surface area contributed by atoms with Gasteiger partial charge in [-0.05, 0) is 35.6 Å². The third-order valence-corrected chi connectivity index (χ3v) is 3.80. The van der Waals surface area contributed by atoms with Gasteiger partial charge in [0.2, 0.25) is 0 Å². The fourth-order valence-electron chi connectivity index (χ4n) is 2.50. The number of morpholine rings is 1. The Morgan fingerprint density at radius 2 is 1.85 bits per heavy atom. The van der Waals surface area contributed by atoms with Crippen molar-refractivity contribution in [2.75, 3.05) is 44.7 Å². The van der Waals surface area contributed by atoms with Crippen LogP contribution in [0.1, 0.15) is 31.9 Å². The van der Waals surface area contributed by atoms with E-state index >= 15 is 0 Å². The summed E-state index contributed by atoms with van der Waals surface area (Å²) >= 11 is 0. The van der Waals surface area contributed by atoms with E-state index in [-0.39, 0.29) is 5.41 Å². The van der Waals surface area contributed by atoms with Crippen LogP contribution in [0.2, 0.25) is 0 Å². The first kappa shape index (κ1) is 15.3. The van der Waals surface area contributed by atoms with Crippen molar-refractivity contribution in [1.82, 2.24) is 4.90 Å². The molecular formula is C17H28N2O. The van der Waals surface area contributed by atoms with Crippen LogP contribution in [0.25, 0.3) is 0 Å². The number of rotatable bonds is 4. The van der Waals surface area contributed by atoms with E-state index < -0.39 is 0 Å². The molecule has 0 radical (unpaired) electrons. The lowest BCUT2D eigenvalue weighted by molar-refractivity contribution is 0.0398. The van der Waals surface area contributed by atoms with Crippen molar-refractivity contribution < 1.29 is 4.74 Å². The molecule has 3 nitrogen and oxygen atoms in total. The van der Waals surface area contributed by atoms with E-state index in [1.165, 1.54) is 16.8 Å². The molecule has 0 amide bonds. The Kier molecular flexibility index (Phi) is 5.06. The van der Waals surface area contributed by atoms with Crippen LogP contribution in [0.4, 0.5) is 5.69 Å². The molecule has 1 aliphatic heterocycles. The lowest BCUT2D eigenvalue weighted by atomic mass is 9.86. The molecule has 0 atom stereocenters. The Morgan fingerprint density at radius 3 is 2.50 bits per heavy atom. The SMILES string of the molecule is Cc1cc(NCCN2CCOCC2)cc(C(C)(C)C)c1. The fraction of sp³-hybridized carbons (Fsp3) is 0.647. The van der Waals surface area contributed by atoms with Crippen LogP contribution in [-0.4, -0.2) is 44.3 Å². The first-order chi connectivity index (χ1) is 9.45. The highest BCUT2D eigenvalue weighted by molar-refractivity contribution is 5.50. The van der Waals surface area contributed by atoms with Crippen LogP contribution in [0, 0.1) is 6.92 Å². The first-order valence-electron chi connectivity index (χ1n) is 7.61. The van der Waals surface area contributed by atoms with Gasteiger partial charge in [0.25, 0.3) is 0 Å². The Bertz CT molecular complexity index is 431. The van der Waals surface area contributed by atoms with Gasteiger partial charge in [0.1, 0.15) is 0 Å². The number of benzene rings is 1. The Balaban J connectivity index is 1.90. The number of nitrogens with zero attached hydrogens (tertiary/aromatic N) is 1. The van der Waals surface area contributed by atoms with E-state index in [2.05, 4.69) is 56.1 Å². The van der Waals surface area contributed by atoms with Crippen molar-refractivity contribution in [2.24, 2.45) is 0 Å². The second-order valence-corrected chi connectivity index (χ2v) is 6.72. The average Bonchev–Trinajstić information content (AvgIpc) is 2.38. The van der Waals surface area contributed by atoms with Gasteiger partial charge in [-0.2, -0.15) is 0 Å². The van der Waals surface area contributed by atoms with Crippen LogP contribution in [-0.2, 0) is 10.2 Å². The topological polar surface area (TPSA) is 24.5 Å². The van der Waals surface area contributed by atoms with Crippen molar-refractivity contribution in [3.63, 3.8) is 0 Å². The minimum Gasteiger partial charge on any atom is -0.384 e. The molecule has 1 aliphatic rings. The van der Waals surface area contributed by atoms with Crippen molar-refractivity contribution in [3.05, 3.63) is 29.3 Å². The Morgan fingerprint density at radius 1 is 1.15 bits per heavy atom. The van der Waals surface area contributed by atoms with Gasteiger partial charge in [0.05, 0.1) is 13.2 Å². The van der Waals surface area contributed by atoms with E-state index in [9.17, 15) is 0 Å². The maximum atomic E-state index is 5.37. The third-order valence-electron chi connectivity index (χ3n) is 3.80. The van der Waals surface area contributed by atoms with Crippen LogP contribution >= 0.6 is 0 Å². The summed E-state index contributed by atoms with van der Waals surface area (Å²) in [5.41, 5.74) is 4.16. The molecule has 112 valence electrons. The first-order valence-corrected chi connectivity index (χ1v) is 7.61. The minimum atomic E-state index is 0.201. The molecule has 20 heavy (non-hydrogen) atoms. The van der Waals surface area contributed by atoms with Crippen LogP contribution < -0.4 is 5.32 Å². The zero-order chi connectivity index (χ0) is 14.6. The van der Waals surface area contributed by atoms with E-state index in [0.717, 1.165) is 39.4 Å². The van der Waals surface area contributed by atoms with Crippen LogP contribution in [0.5, 0.6) is 0 Å². The predicted molar refractivity (Wildman–Crippen MR) is 85.6 cm³/mol. The van der Waals surface area contributed by atoms with E-state index in [0.29, 0.717) is 0 Å². The monoisotopic (exact) mass is 276 g/mol. The normalized spacial score (nSPS) is 17.2. The molecule has 1 aromatic rings. The quantitative estimate of drug-likeness (QED) is 0.915. The summed E-state index contributed by atoms with van der Waals surface area (Å²) in [5.74, 6) is 0. The number of hydrogen-bond donors (Lipinski definition) is 1. The van der Waals surface area contributed by atoms with Gasteiger partial charge in [0.15, 0.2) is 0 Å². The number of ether oxygens (including phenoxy) is 1. The van der Waals surface area contributed by atoms with E-state index in [4.69, 9.17) is 4.74 Å². The summed E-state index contributed by atoms with van der Waals surface area (Å²) in [6, 6.07) is 6.80. The molecule has 0 aliphatic carbocycles. The smallest absolute Gasteiger partial charge is 0.0594 e. The van der Waals surface area contributed by atoms with E-state index in [1.54, 1.807) is 0 Å². The molecule has 0 aromatic heterocycles. The van der Waals surface area contributed by atoms with Crippen molar-refractivity contribution in [2.45, 2.75) is 33.1 Å². The number of nitrogens with one attached hydrogen (secondary N) is 1. The largest absolute Gasteiger partial charge is 0.384 e. The van der Waals surface area contributed by atoms with Crippen molar-refractivity contribution in [3.8, 4) is 0 Å². The molecule has 1 aromatic carbocycles. The summed E-state index contributed by atoms with van der Waals surface area (Å²) in [4.78, 5) is 2.46. The highest BCUT2D eigenvalue weighted by atomic mass is 16.5. The highest BCUT2D eigenvalue weighted by Crippen LogP contribution is 2.26. The second-order valence-electron chi connectivity index (χ2n) is 6.72. The van der Waals surface area contributed by atoms with Gasteiger partial charge in [0, 0.05) is 31.9 Å². The highest BCUT2D eigenvalue weighted by Gasteiger charge is 2.15. The molecule has 2 rings (SSSR count). The molecule has 1 N–H and O–H groups in total. The van der Waals surface area contributed by atoms with Gasteiger partial charge in [-0.15, -0.1) is 0 Å². The predicted octanol–water partition coefficient (Wildman–Crippen LogP) is 3.04. The van der Waals surface area contributed by atoms with Crippen LogP contribution in [0.3, 0.4) is 0 Å². The van der Waals surface area contributed by atoms with E-state index in [1.807, 2.05) is 0 Å². The summed E-state index contributed by atoms with van der Waals surface area (Å²) in [6.45, 7) is 14.9. The average molecular weight is 276 g/mol. The molecule has 1 fully saturated rings. The summed E-state index contributed by atoms with van der Waals surface area (Å²) in [6.07, 6.45) is 0. The minimum absolute atomic E-state index is 0.201. The molecule has 0 spiro atoms.